The molecule has 26 heavy (non-hydrogen) atoms. The van der Waals surface area contributed by atoms with Crippen LogP contribution in [0.5, 0.6) is 0 Å². The summed E-state index contributed by atoms with van der Waals surface area (Å²) in [5, 5.41) is 3.97. The Kier molecular flexibility index (Phi) is 6.54. The Morgan fingerprint density at radius 3 is 2.42 bits per heavy atom. The first-order valence-corrected chi connectivity index (χ1v) is 9.98. The zero-order valence-electron chi connectivity index (χ0n) is 15.4. The lowest BCUT2D eigenvalue weighted by atomic mass is 9.95. The third kappa shape index (κ3) is 4.57. The average Bonchev–Trinajstić information content (AvgIpc) is 3.20. The van der Waals surface area contributed by atoms with Crippen molar-refractivity contribution >= 4 is 23.4 Å². The predicted molar refractivity (Wildman–Crippen MR) is 103 cm³/mol. The molecule has 0 spiro atoms. The Morgan fingerprint density at radius 2 is 1.77 bits per heavy atom. The lowest BCUT2D eigenvalue weighted by Gasteiger charge is -2.33. The largest absolute Gasteiger partial charge is 0.342 e. The molecule has 1 unspecified atom stereocenters. The van der Waals surface area contributed by atoms with Crippen LogP contribution in [-0.2, 0) is 9.59 Å². The molecule has 2 aliphatic rings. The highest BCUT2D eigenvalue weighted by molar-refractivity contribution is 6.31. The lowest BCUT2D eigenvalue weighted by Crippen LogP contribution is -2.46. The van der Waals surface area contributed by atoms with Crippen LogP contribution in [0.25, 0.3) is 0 Å². The maximum absolute atomic E-state index is 12.5. The van der Waals surface area contributed by atoms with E-state index in [0.717, 1.165) is 44.3 Å². The van der Waals surface area contributed by atoms with Crippen molar-refractivity contribution in [3.63, 3.8) is 0 Å². The second kappa shape index (κ2) is 8.87. The first kappa shape index (κ1) is 19.2. The molecule has 0 radical (unpaired) electrons. The standard InChI is InChI=1S/C20H28ClN3O2/c1-15(17-6-2-3-7-18(17)21)22-14-19(25)23-12-8-16(9-13-23)20(26)24-10-4-5-11-24/h2-3,6-7,15-16,22H,4-5,8-14H2,1H3. The molecule has 0 aromatic heterocycles. The van der Waals surface area contributed by atoms with Crippen molar-refractivity contribution in [3.8, 4) is 0 Å². The van der Waals surface area contributed by atoms with Crippen molar-refractivity contribution in [1.29, 1.82) is 0 Å². The Labute approximate surface area is 160 Å². The van der Waals surface area contributed by atoms with Crippen LogP contribution >= 0.6 is 11.6 Å². The van der Waals surface area contributed by atoms with Gasteiger partial charge < -0.3 is 15.1 Å². The third-order valence-electron chi connectivity index (χ3n) is 5.55. The number of carbonyl (C=O) groups excluding carboxylic acids is 2. The summed E-state index contributed by atoms with van der Waals surface area (Å²) in [4.78, 5) is 28.8. The van der Waals surface area contributed by atoms with Crippen molar-refractivity contribution in [2.45, 2.75) is 38.6 Å². The maximum Gasteiger partial charge on any atom is 0.236 e. The molecule has 1 aromatic carbocycles. The van der Waals surface area contributed by atoms with Crippen LogP contribution in [0.3, 0.4) is 0 Å². The summed E-state index contributed by atoms with van der Waals surface area (Å²) in [5.74, 6) is 0.475. The topological polar surface area (TPSA) is 52.7 Å². The van der Waals surface area contributed by atoms with E-state index in [0.29, 0.717) is 24.0 Å². The Morgan fingerprint density at radius 1 is 1.12 bits per heavy atom. The molecule has 0 bridgehead atoms. The van der Waals surface area contributed by atoms with Gasteiger partial charge in [-0.05, 0) is 44.2 Å². The summed E-state index contributed by atoms with van der Waals surface area (Å²) in [6, 6.07) is 7.70. The van der Waals surface area contributed by atoms with Crippen molar-refractivity contribution < 1.29 is 9.59 Å². The molecule has 1 atom stereocenters. The number of piperidine rings is 1. The third-order valence-corrected chi connectivity index (χ3v) is 5.89. The van der Waals surface area contributed by atoms with E-state index < -0.39 is 0 Å². The lowest BCUT2D eigenvalue weighted by molar-refractivity contribution is -0.139. The molecule has 0 aliphatic carbocycles. The molecule has 2 saturated heterocycles. The SMILES string of the molecule is CC(NCC(=O)N1CCC(C(=O)N2CCCC2)CC1)c1ccccc1Cl. The molecule has 2 fully saturated rings. The van der Waals surface area contributed by atoms with E-state index in [4.69, 9.17) is 11.6 Å². The number of rotatable bonds is 5. The number of benzene rings is 1. The number of amides is 2. The van der Waals surface area contributed by atoms with Gasteiger partial charge in [0, 0.05) is 43.2 Å². The number of likely N-dealkylation sites (tertiary alicyclic amines) is 2. The van der Waals surface area contributed by atoms with Crippen LogP contribution < -0.4 is 5.32 Å². The number of nitrogens with zero attached hydrogens (tertiary/aromatic N) is 2. The Hall–Kier alpha value is -1.59. The summed E-state index contributed by atoms with van der Waals surface area (Å²) in [5.41, 5.74) is 0.997. The first-order chi connectivity index (χ1) is 12.6. The van der Waals surface area contributed by atoms with Gasteiger partial charge in [0.25, 0.3) is 0 Å². The van der Waals surface area contributed by atoms with Gasteiger partial charge in [0.15, 0.2) is 0 Å². The molecular weight excluding hydrogens is 350 g/mol. The predicted octanol–water partition coefficient (Wildman–Crippen LogP) is 2.85. The molecule has 1 aromatic rings. The minimum absolute atomic E-state index is 0.0157. The van der Waals surface area contributed by atoms with Crippen LogP contribution in [0.1, 0.15) is 44.2 Å². The Bertz CT molecular complexity index is 638. The van der Waals surface area contributed by atoms with Gasteiger partial charge in [0.05, 0.1) is 6.54 Å². The molecule has 2 aliphatic heterocycles. The zero-order chi connectivity index (χ0) is 18.5. The van der Waals surface area contributed by atoms with Crippen molar-refractivity contribution in [3.05, 3.63) is 34.9 Å². The molecule has 1 N–H and O–H groups in total. The van der Waals surface area contributed by atoms with Crippen LogP contribution in [0.4, 0.5) is 0 Å². The zero-order valence-corrected chi connectivity index (χ0v) is 16.2. The number of nitrogens with one attached hydrogen (secondary N) is 1. The van der Waals surface area contributed by atoms with Crippen LogP contribution in [-0.4, -0.2) is 54.3 Å². The maximum atomic E-state index is 12.5. The van der Waals surface area contributed by atoms with Crippen molar-refractivity contribution in [2.75, 3.05) is 32.7 Å². The van der Waals surface area contributed by atoms with Gasteiger partial charge in [-0.2, -0.15) is 0 Å². The highest BCUT2D eigenvalue weighted by Gasteiger charge is 2.31. The summed E-state index contributed by atoms with van der Waals surface area (Å²) in [6.07, 6.45) is 3.80. The van der Waals surface area contributed by atoms with E-state index in [-0.39, 0.29) is 24.4 Å². The summed E-state index contributed by atoms with van der Waals surface area (Å²) in [6.45, 7) is 5.45. The molecule has 0 saturated carbocycles. The molecule has 6 heteroatoms. The van der Waals surface area contributed by atoms with E-state index in [1.54, 1.807) is 0 Å². The normalized spacial score (nSPS) is 19.6. The van der Waals surface area contributed by atoms with Gasteiger partial charge in [-0.1, -0.05) is 29.8 Å². The summed E-state index contributed by atoms with van der Waals surface area (Å²) in [7, 11) is 0. The Balaban J connectivity index is 1.43. The fraction of sp³-hybridized carbons (Fsp3) is 0.600. The fourth-order valence-corrected chi connectivity index (χ4v) is 4.16. The van der Waals surface area contributed by atoms with Gasteiger partial charge in [-0.25, -0.2) is 0 Å². The van der Waals surface area contributed by atoms with E-state index in [9.17, 15) is 9.59 Å². The van der Waals surface area contributed by atoms with Gasteiger partial charge >= 0.3 is 0 Å². The number of halogens is 1. The van der Waals surface area contributed by atoms with Gasteiger partial charge in [0.2, 0.25) is 11.8 Å². The van der Waals surface area contributed by atoms with E-state index in [1.807, 2.05) is 41.0 Å². The molecule has 2 heterocycles. The first-order valence-electron chi connectivity index (χ1n) is 9.60. The number of hydrogen-bond donors (Lipinski definition) is 1. The van der Waals surface area contributed by atoms with Crippen molar-refractivity contribution in [1.82, 2.24) is 15.1 Å². The van der Waals surface area contributed by atoms with Gasteiger partial charge in [-0.3, -0.25) is 9.59 Å². The van der Waals surface area contributed by atoms with E-state index in [2.05, 4.69) is 5.32 Å². The fourth-order valence-electron chi connectivity index (χ4n) is 3.86. The average molecular weight is 378 g/mol. The molecular formula is C20H28ClN3O2. The van der Waals surface area contributed by atoms with Crippen LogP contribution in [0.15, 0.2) is 24.3 Å². The highest BCUT2D eigenvalue weighted by atomic mass is 35.5. The van der Waals surface area contributed by atoms with Gasteiger partial charge in [0.1, 0.15) is 0 Å². The van der Waals surface area contributed by atoms with E-state index >= 15 is 0 Å². The molecule has 2 amide bonds. The highest BCUT2D eigenvalue weighted by Crippen LogP contribution is 2.23. The summed E-state index contributed by atoms with van der Waals surface area (Å²) < 4.78 is 0. The second-order valence-corrected chi connectivity index (χ2v) is 7.72. The molecule has 5 nitrogen and oxygen atoms in total. The van der Waals surface area contributed by atoms with Crippen molar-refractivity contribution in [2.24, 2.45) is 5.92 Å². The van der Waals surface area contributed by atoms with Gasteiger partial charge in [-0.15, -0.1) is 0 Å². The summed E-state index contributed by atoms with van der Waals surface area (Å²) >= 11 is 6.21. The minimum Gasteiger partial charge on any atom is -0.342 e. The van der Waals surface area contributed by atoms with Crippen LogP contribution in [0.2, 0.25) is 5.02 Å². The van der Waals surface area contributed by atoms with E-state index in [1.165, 1.54) is 0 Å². The quantitative estimate of drug-likeness (QED) is 0.858. The smallest absolute Gasteiger partial charge is 0.236 e. The molecule has 142 valence electrons. The minimum atomic E-state index is 0.0157. The second-order valence-electron chi connectivity index (χ2n) is 7.31. The van der Waals surface area contributed by atoms with Crippen LogP contribution in [0, 0.1) is 5.92 Å². The molecule has 3 rings (SSSR count). The monoisotopic (exact) mass is 377 g/mol. The number of hydrogen-bond acceptors (Lipinski definition) is 3. The number of carbonyl (C=O) groups is 2.